The molecule has 6 nitrogen and oxygen atoms in total. The minimum atomic E-state index is -0.807. The Balaban J connectivity index is 1.99. The van der Waals surface area contributed by atoms with Gasteiger partial charge in [-0.1, -0.05) is 17.7 Å². The van der Waals surface area contributed by atoms with Gasteiger partial charge in [0.05, 0.1) is 30.8 Å². The Labute approximate surface area is 165 Å². The van der Waals surface area contributed by atoms with E-state index in [-0.39, 0.29) is 27.6 Å². The molecule has 28 heavy (non-hydrogen) atoms. The van der Waals surface area contributed by atoms with Crippen molar-refractivity contribution in [2.45, 2.75) is 13.0 Å². The Hall–Kier alpha value is -2.87. The number of halogens is 3. The Morgan fingerprint density at radius 1 is 1.14 bits per heavy atom. The lowest BCUT2D eigenvalue weighted by Crippen LogP contribution is -2.31. The van der Waals surface area contributed by atoms with Crippen LogP contribution in [-0.2, 0) is 9.53 Å². The van der Waals surface area contributed by atoms with Gasteiger partial charge in [-0.25, -0.2) is 13.6 Å². The van der Waals surface area contributed by atoms with E-state index in [0.717, 1.165) is 12.1 Å². The van der Waals surface area contributed by atoms with E-state index in [9.17, 15) is 18.4 Å². The van der Waals surface area contributed by atoms with Gasteiger partial charge < -0.3 is 19.5 Å². The molecule has 0 bridgehead atoms. The second-order valence-corrected chi connectivity index (χ2v) is 6.13. The molecule has 150 valence electrons. The summed E-state index contributed by atoms with van der Waals surface area (Å²) in [5.74, 6) is -2.48. The lowest BCUT2D eigenvalue weighted by atomic mass is 10.1. The van der Waals surface area contributed by atoms with Crippen LogP contribution in [0, 0.1) is 11.6 Å². The van der Waals surface area contributed by atoms with Gasteiger partial charge in [-0.05, 0) is 25.1 Å². The molecule has 0 aliphatic rings. The molecule has 0 heterocycles. The van der Waals surface area contributed by atoms with Gasteiger partial charge in [0.1, 0.15) is 11.6 Å². The maximum atomic E-state index is 13.7. The van der Waals surface area contributed by atoms with Crippen molar-refractivity contribution in [3.8, 4) is 11.5 Å². The van der Waals surface area contributed by atoms with Crippen LogP contribution in [0.25, 0.3) is 0 Å². The van der Waals surface area contributed by atoms with Crippen LogP contribution in [-0.4, -0.2) is 32.7 Å². The van der Waals surface area contributed by atoms with Crippen LogP contribution < -0.4 is 14.8 Å². The largest absolute Gasteiger partial charge is 0.493 e. The lowest BCUT2D eigenvalue weighted by Gasteiger charge is -2.15. The molecule has 2 aromatic rings. The number of carbonyl (C=O) groups excluding carboxylic acids is 2. The fourth-order valence-corrected chi connectivity index (χ4v) is 2.75. The summed E-state index contributed by atoms with van der Waals surface area (Å²) in [5.41, 5.74) is 0.167. The highest BCUT2D eigenvalue weighted by Crippen LogP contribution is 2.36. The maximum absolute atomic E-state index is 13.7. The van der Waals surface area contributed by atoms with Gasteiger partial charge in [-0.3, -0.25) is 4.79 Å². The third-order valence-corrected chi connectivity index (χ3v) is 4.09. The second kappa shape index (κ2) is 9.36. The fourth-order valence-electron chi connectivity index (χ4n) is 2.46. The zero-order valence-electron chi connectivity index (χ0n) is 15.3. The molecule has 1 atom stereocenters. The highest BCUT2D eigenvalue weighted by molar-refractivity contribution is 6.32. The Morgan fingerprint density at radius 3 is 2.46 bits per heavy atom. The number of amides is 1. The quantitative estimate of drug-likeness (QED) is 0.701. The number of nitrogens with one attached hydrogen (secondary N) is 1. The van der Waals surface area contributed by atoms with Gasteiger partial charge in [0.15, 0.2) is 18.1 Å². The summed E-state index contributed by atoms with van der Waals surface area (Å²) in [4.78, 5) is 24.1. The summed E-state index contributed by atoms with van der Waals surface area (Å²) in [5, 5.41) is 2.60. The first-order valence-electron chi connectivity index (χ1n) is 8.09. The van der Waals surface area contributed by atoms with Crippen molar-refractivity contribution >= 4 is 23.5 Å². The number of hydrogen-bond acceptors (Lipinski definition) is 5. The molecule has 0 fully saturated rings. The SMILES string of the molecule is COc1cc(C(=O)OCC(=O)N[C@H](C)c2ccc(F)cc2F)cc(Cl)c1OC. The lowest BCUT2D eigenvalue weighted by molar-refractivity contribution is -0.124. The summed E-state index contributed by atoms with van der Waals surface area (Å²) in [7, 11) is 2.78. The zero-order valence-corrected chi connectivity index (χ0v) is 16.1. The molecule has 0 radical (unpaired) electrons. The molecule has 1 amide bonds. The first-order valence-corrected chi connectivity index (χ1v) is 8.47. The molecule has 0 unspecified atom stereocenters. The molecule has 2 rings (SSSR count). The van der Waals surface area contributed by atoms with Gasteiger partial charge >= 0.3 is 5.97 Å². The van der Waals surface area contributed by atoms with Crippen molar-refractivity contribution in [2.24, 2.45) is 0 Å². The Bertz CT molecular complexity index is 891. The zero-order chi connectivity index (χ0) is 20.8. The first kappa shape index (κ1) is 21.4. The van der Waals surface area contributed by atoms with Gasteiger partial charge in [0, 0.05) is 11.6 Å². The van der Waals surface area contributed by atoms with Gasteiger partial charge in [-0.2, -0.15) is 0 Å². The highest BCUT2D eigenvalue weighted by atomic mass is 35.5. The standard InChI is InChI=1S/C19H18ClF2NO5/c1-10(13-5-4-12(21)8-15(13)22)23-17(24)9-28-19(25)11-6-14(20)18(27-3)16(7-11)26-2/h4-8,10H,9H2,1-3H3,(H,23,24)/t10-/m1/s1. The third-order valence-electron chi connectivity index (χ3n) is 3.81. The van der Waals surface area contributed by atoms with Crippen LogP contribution in [0.15, 0.2) is 30.3 Å². The predicted octanol–water partition coefficient (Wildman–Crippen LogP) is 3.67. The number of esters is 1. The molecule has 1 N–H and O–H groups in total. The van der Waals surface area contributed by atoms with E-state index in [1.54, 1.807) is 0 Å². The van der Waals surface area contributed by atoms with Crippen molar-refractivity contribution in [1.82, 2.24) is 5.32 Å². The molecular weight excluding hydrogens is 396 g/mol. The fraction of sp³-hybridized carbons (Fsp3) is 0.263. The molecule has 2 aromatic carbocycles. The first-order chi connectivity index (χ1) is 13.3. The molecular formula is C19H18ClF2NO5. The average Bonchev–Trinajstić information content (AvgIpc) is 2.65. The molecule has 0 aliphatic heterocycles. The van der Waals surface area contributed by atoms with Crippen LogP contribution in [0.1, 0.15) is 28.9 Å². The maximum Gasteiger partial charge on any atom is 0.338 e. The second-order valence-electron chi connectivity index (χ2n) is 5.72. The minimum absolute atomic E-state index is 0.0630. The van der Waals surface area contributed by atoms with E-state index in [4.69, 9.17) is 25.8 Å². The summed E-state index contributed by atoms with van der Waals surface area (Å²) in [6.07, 6.45) is 0. The summed E-state index contributed by atoms with van der Waals surface area (Å²) in [6.45, 7) is 0.919. The summed E-state index contributed by atoms with van der Waals surface area (Å²) < 4.78 is 41.8. The number of benzene rings is 2. The number of carbonyl (C=O) groups is 2. The van der Waals surface area contributed by atoms with Crippen molar-refractivity contribution < 1.29 is 32.6 Å². The highest BCUT2D eigenvalue weighted by Gasteiger charge is 2.19. The van der Waals surface area contributed by atoms with Crippen LogP contribution in [0.5, 0.6) is 11.5 Å². The van der Waals surface area contributed by atoms with Crippen molar-refractivity contribution in [3.63, 3.8) is 0 Å². The van der Waals surface area contributed by atoms with Crippen LogP contribution in [0.2, 0.25) is 5.02 Å². The van der Waals surface area contributed by atoms with E-state index in [0.29, 0.717) is 0 Å². The molecule has 0 saturated carbocycles. The monoisotopic (exact) mass is 413 g/mol. The minimum Gasteiger partial charge on any atom is -0.493 e. The Kier molecular flexibility index (Phi) is 7.17. The van der Waals surface area contributed by atoms with Crippen LogP contribution >= 0.6 is 11.6 Å². The number of hydrogen-bond donors (Lipinski definition) is 1. The van der Waals surface area contributed by atoms with Gasteiger partial charge in [-0.15, -0.1) is 0 Å². The third kappa shape index (κ3) is 5.10. The number of ether oxygens (including phenoxy) is 3. The molecule has 0 aliphatic carbocycles. The average molecular weight is 414 g/mol. The van der Waals surface area contributed by atoms with E-state index in [1.165, 1.54) is 39.3 Å². The summed E-state index contributed by atoms with van der Waals surface area (Å²) >= 11 is 6.03. The van der Waals surface area contributed by atoms with Crippen LogP contribution in [0.3, 0.4) is 0 Å². The van der Waals surface area contributed by atoms with Crippen molar-refractivity contribution in [1.29, 1.82) is 0 Å². The number of methoxy groups -OCH3 is 2. The van der Waals surface area contributed by atoms with Gasteiger partial charge in [0.2, 0.25) is 0 Å². The van der Waals surface area contributed by atoms with Crippen LogP contribution in [0.4, 0.5) is 8.78 Å². The summed E-state index contributed by atoms with van der Waals surface area (Å²) in [6, 6.07) is 4.97. The Morgan fingerprint density at radius 2 is 1.86 bits per heavy atom. The van der Waals surface area contributed by atoms with E-state index >= 15 is 0 Å². The topological polar surface area (TPSA) is 73.9 Å². The van der Waals surface area contributed by atoms with Crippen molar-refractivity contribution in [3.05, 3.63) is 58.1 Å². The smallest absolute Gasteiger partial charge is 0.338 e. The van der Waals surface area contributed by atoms with Gasteiger partial charge in [0.25, 0.3) is 5.91 Å². The normalized spacial score (nSPS) is 11.5. The molecule has 9 heteroatoms. The molecule has 0 aromatic heterocycles. The van der Waals surface area contributed by atoms with Crippen molar-refractivity contribution in [2.75, 3.05) is 20.8 Å². The van der Waals surface area contributed by atoms with E-state index in [2.05, 4.69) is 5.32 Å². The van der Waals surface area contributed by atoms with E-state index < -0.39 is 36.2 Å². The molecule has 0 saturated heterocycles. The van der Waals surface area contributed by atoms with E-state index in [1.807, 2.05) is 0 Å². The molecule has 0 spiro atoms. The number of rotatable bonds is 7. The predicted molar refractivity (Wildman–Crippen MR) is 97.8 cm³/mol.